The maximum atomic E-state index is 13.1. The van der Waals surface area contributed by atoms with E-state index in [0.717, 1.165) is 27.6 Å². The van der Waals surface area contributed by atoms with Crippen LogP contribution in [-0.2, 0) is 7.05 Å². The van der Waals surface area contributed by atoms with Crippen molar-refractivity contribution in [2.75, 3.05) is 10.6 Å². The average Bonchev–Trinajstić information content (AvgIpc) is 3.21. The Kier molecular flexibility index (Phi) is 4.90. The third kappa shape index (κ3) is 3.52. The van der Waals surface area contributed by atoms with E-state index in [1.165, 1.54) is 15.9 Å². The van der Waals surface area contributed by atoms with Crippen LogP contribution in [0.15, 0.2) is 58.8 Å². The summed E-state index contributed by atoms with van der Waals surface area (Å²) in [6.45, 7) is 4.01. The Morgan fingerprint density at radius 3 is 2.38 bits per heavy atom. The molecule has 0 radical (unpaired) electrons. The minimum atomic E-state index is -0.449. The van der Waals surface area contributed by atoms with Gasteiger partial charge in [0.15, 0.2) is 5.13 Å². The highest BCUT2D eigenvalue weighted by Gasteiger charge is 2.19. The fraction of sp³-hybridized carbons (Fsp3) is 0.136. The summed E-state index contributed by atoms with van der Waals surface area (Å²) < 4.78 is 1.49. The van der Waals surface area contributed by atoms with E-state index >= 15 is 0 Å². The summed E-state index contributed by atoms with van der Waals surface area (Å²) >= 11 is 1.32. The standard InChI is InChI=1S/C22H20N4O2S/c1-13-11-16-17(12-14(13)2)20(27)26(3)19(18(16)15-7-5-4-6-8-15)24-21(28)25-22-23-9-10-29-22/h4-12H,1-3H3,(H2,23,24,25,28). The van der Waals surface area contributed by atoms with E-state index in [2.05, 4.69) is 15.6 Å². The minimum absolute atomic E-state index is 0.160. The zero-order chi connectivity index (χ0) is 20.5. The van der Waals surface area contributed by atoms with Crippen LogP contribution >= 0.6 is 11.3 Å². The maximum absolute atomic E-state index is 13.1. The smallest absolute Gasteiger partial charge is 0.297 e. The summed E-state index contributed by atoms with van der Waals surface area (Å²) in [5.74, 6) is 0.436. The second-order valence-corrected chi connectivity index (χ2v) is 7.75. The van der Waals surface area contributed by atoms with Gasteiger partial charge in [0.1, 0.15) is 5.82 Å². The van der Waals surface area contributed by atoms with Crippen LogP contribution in [0.5, 0.6) is 0 Å². The molecule has 0 aliphatic heterocycles. The van der Waals surface area contributed by atoms with Crippen molar-refractivity contribution in [3.05, 3.63) is 75.5 Å². The number of hydrogen-bond acceptors (Lipinski definition) is 4. The number of nitrogens with one attached hydrogen (secondary N) is 2. The molecule has 0 aliphatic carbocycles. The van der Waals surface area contributed by atoms with Gasteiger partial charge in [-0.25, -0.2) is 9.78 Å². The van der Waals surface area contributed by atoms with E-state index in [-0.39, 0.29) is 5.56 Å². The van der Waals surface area contributed by atoms with Crippen molar-refractivity contribution in [2.45, 2.75) is 13.8 Å². The summed E-state index contributed by atoms with van der Waals surface area (Å²) in [6, 6.07) is 13.2. The number of aryl methyl sites for hydroxylation is 2. The predicted octanol–water partition coefficient (Wildman–Crippen LogP) is 4.92. The normalized spacial score (nSPS) is 10.9. The molecule has 0 saturated carbocycles. The summed E-state index contributed by atoms with van der Waals surface area (Å²) in [7, 11) is 1.67. The Balaban J connectivity index is 1.95. The van der Waals surface area contributed by atoms with Gasteiger partial charge in [-0.15, -0.1) is 11.3 Å². The van der Waals surface area contributed by atoms with Crippen LogP contribution in [-0.4, -0.2) is 15.6 Å². The van der Waals surface area contributed by atoms with E-state index in [9.17, 15) is 9.59 Å². The van der Waals surface area contributed by atoms with Crippen LogP contribution in [0, 0.1) is 13.8 Å². The first kappa shape index (κ1) is 18.9. The number of rotatable bonds is 3. The second kappa shape index (κ2) is 7.52. The summed E-state index contributed by atoms with van der Waals surface area (Å²) in [4.78, 5) is 29.8. The van der Waals surface area contributed by atoms with E-state index in [1.54, 1.807) is 18.6 Å². The molecule has 29 heavy (non-hydrogen) atoms. The fourth-order valence-corrected chi connectivity index (χ4v) is 3.87. The molecule has 6 nitrogen and oxygen atoms in total. The molecular formula is C22H20N4O2S. The highest BCUT2D eigenvalue weighted by atomic mass is 32.1. The molecule has 4 aromatic rings. The molecule has 2 aromatic carbocycles. The molecular weight excluding hydrogens is 384 g/mol. The van der Waals surface area contributed by atoms with Crippen molar-refractivity contribution in [3.63, 3.8) is 0 Å². The van der Waals surface area contributed by atoms with Crippen molar-refractivity contribution in [1.82, 2.24) is 9.55 Å². The first-order valence-corrected chi connectivity index (χ1v) is 10.0. The highest BCUT2D eigenvalue weighted by molar-refractivity contribution is 7.13. The van der Waals surface area contributed by atoms with Crippen LogP contribution in [0.25, 0.3) is 21.9 Å². The number of carbonyl (C=O) groups is 1. The number of pyridine rings is 1. The molecule has 2 aromatic heterocycles. The minimum Gasteiger partial charge on any atom is -0.297 e. The van der Waals surface area contributed by atoms with Crippen LogP contribution in [0.4, 0.5) is 15.7 Å². The molecule has 4 rings (SSSR count). The Morgan fingerprint density at radius 1 is 1.03 bits per heavy atom. The lowest BCUT2D eigenvalue weighted by atomic mass is 9.96. The molecule has 2 amide bonds. The molecule has 0 unspecified atom stereocenters. The Labute approximate surface area is 171 Å². The van der Waals surface area contributed by atoms with Crippen molar-refractivity contribution in [2.24, 2.45) is 7.05 Å². The largest absolute Gasteiger partial charge is 0.326 e. The number of aromatic nitrogens is 2. The lowest BCUT2D eigenvalue weighted by Crippen LogP contribution is -2.27. The predicted molar refractivity (Wildman–Crippen MR) is 119 cm³/mol. The molecule has 7 heteroatoms. The van der Waals surface area contributed by atoms with Gasteiger partial charge in [0, 0.05) is 29.6 Å². The molecule has 0 saturated heterocycles. The number of anilines is 2. The van der Waals surface area contributed by atoms with Gasteiger partial charge in [0.25, 0.3) is 5.56 Å². The number of hydrogen-bond donors (Lipinski definition) is 2. The molecule has 2 N–H and O–H groups in total. The van der Waals surface area contributed by atoms with Gasteiger partial charge in [-0.05, 0) is 42.0 Å². The van der Waals surface area contributed by atoms with Crippen molar-refractivity contribution in [1.29, 1.82) is 0 Å². The number of fused-ring (bicyclic) bond motifs is 1. The Bertz CT molecular complexity index is 1260. The molecule has 0 aliphatic rings. The lowest BCUT2D eigenvalue weighted by Gasteiger charge is -2.19. The average molecular weight is 404 g/mol. The second-order valence-electron chi connectivity index (χ2n) is 6.85. The molecule has 2 heterocycles. The maximum Gasteiger partial charge on any atom is 0.326 e. The lowest BCUT2D eigenvalue weighted by molar-refractivity contribution is 0.262. The molecule has 0 fully saturated rings. The Hall–Kier alpha value is -3.45. The molecule has 146 valence electrons. The van der Waals surface area contributed by atoms with Gasteiger partial charge in [-0.3, -0.25) is 20.0 Å². The third-order valence-corrected chi connectivity index (χ3v) is 5.65. The summed E-state index contributed by atoms with van der Waals surface area (Å²) in [5.41, 5.74) is 3.70. The number of benzene rings is 2. The van der Waals surface area contributed by atoms with Crippen LogP contribution < -0.4 is 16.2 Å². The first-order chi connectivity index (χ1) is 14.0. The SMILES string of the molecule is Cc1cc2c(-c3ccccc3)c(NC(=O)Nc3nccs3)n(C)c(=O)c2cc1C. The first-order valence-electron chi connectivity index (χ1n) is 9.12. The van der Waals surface area contributed by atoms with Gasteiger partial charge in [0.05, 0.1) is 0 Å². The van der Waals surface area contributed by atoms with E-state index in [1.807, 2.05) is 56.3 Å². The number of thiazole rings is 1. The summed E-state index contributed by atoms with van der Waals surface area (Å²) in [5, 5.41) is 9.27. The van der Waals surface area contributed by atoms with Gasteiger partial charge in [-0.2, -0.15) is 0 Å². The van der Waals surface area contributed by atoms with Crippen LogP contribution in [0.2, 0.25) is 0 Å². The number of urea groups is 1. The highest BCUT2D eigenvalue weighted by Crippen LogP contribution is 2.35. The third-order valence-electron chi connectivity index (χ3n) is 4.96. The van der Waals surface area contributed by atoms with Gasteiger partial charge < -0.3 is 0 Å². The molecule has 0 bridgehead atoms. The topological polar surface area (TPSA) is 76.0 Å². The number of carbonyl (C=O) groups excluding carboxylic acids is 1. The van der Waals surface area contributed by atoms with Crippen molar-refractivity contribution < 1.29 is 4.79 Å². The van der Waals surface area contributed by atoms with Crippen LogP contribution in [0.3, 0.4) is 0 Å². The molecule has 0 atom stereocenters. The van der Waals surface area contributed by atoms with E-state index in [0.29, 0.717) is 16.3 Å². The van der Waals surface area contributed by atoms with Gasteiger partial charge >= 0.3 is 6.03 Å². The fourth-order valence-electron chi connectivity index (χ4n) is 3.34. The van der Waals surface area contributed by atoms with Crippen molar-refractivity contribution in [3.8, 4) is 11.1 Å². The monoisotopic (exact) mass is 404 g/mol. The van der Waals surface area contributed by atoms with Crippen molar-refractivity contribution >= 4 is 39.1 Å². The number of amides is 2. The summed E-state index contributed by atoms with van der Waals surface area (Å²) in [6.07, 6.45) is 1.62. The van der Waals surface area contributed by atoms with Gasteiger partial charge in [0.2, 0.25) is 0 Å². The van der Waals surface area contributed by atoms with Gasteiger partial charge in [-0.1, -0.05) is 36.4 Å². The quantitative estimate of drug-likeness (QED) is 0.509. The van der Waals surface area contributed by atoms with E-state index in [4.69, 9.17) is 0 Å². The Morgan fingerprint density at radius 2 is 1.72 bits per heavy atom. The number of nitrogens with zero attached hydrogens (tertiary/aromatic N) is 2. The van der Waals surface area contributed by atoms with E-state index < -0.39 is 6.03 Å². The zero-order valence-corrected chi connectivity index (χ0v) is 17.1. The molecule has 0 spiro atoms. The zero-order valence-electron chi connectivity index (χ0n) is 16.3. The van der Waals surface area contributed by atoms with Crippen LogP contribution in [0.1, 0.15) is 11.1 Å².